The zero-order chi connectivity index (χ0) is 17.4. The lowest BCUT2D eigenvalue weighted by atomic mass is 10.2. The summed E-state index contributed by atoms with van der Waals surface area (Å²) in [5, 5.41) is 4.48. The lowest BCUT2D eigenvalue weighted by Gasteiger charge is -2.19. The maximum Gasteiger partial charge on any atom is 0.150 e. The van der Waals surface area contributed by atoms with Crippen LogP contribution in [0.2, 0.25) is 0 Å². The van der Waals surface area contributed by atoms with E-state index >= 15 is 0 Å². The normalized spacial score (nSPS) is 13.2. The van der Waals surface area contributed by atoms with Gasteiger partial charge in [-0.1, -0.05) is 12.1 Å². The first-order valence-corrected chi connectivity index (χ1v) is 8.12. The third kappa shape index (κ3) is 3.05. The Labute approximate surface area is 145 Å². The molecule has 0 unspecified atom stereocenters. The van der Waals surface area contributed by atoms with Gasteiger partial charge in [-0.25, -0.2) is 9.37 Å². The van der Waals surface area contributed by atoms with Crippen LogP contribution in [0.4, 0.5) is 16.0 Å². The van der Waals surface area contributed by atoms with Gasteiger partial charge >= 0.3 is 0 Å². The van der Waals surface area contributed by atoms with Crippen LogP contribution in [0, 0.1) is 5.82 Å². The molecule has 0 radical (unpaired) electrons. The molecule has 0 fully saturated rings. The molecule has 0 aliphatic carbocycles. The number of rotatable bonds is 4. The molecule has 128 valence electrons. The monoisotopic (exact) mass is 338 g/mol. The Bertz CT molecular complexity index is 887. The van der Waals surface area contributed by atoms with Crippen LogP contribution in [-0.2, 0) is 19.6 Å². The topological polar surface area (TPSA) is 50.1 Å². The van der Waals surface area contributed by atoms with Crippen molar-refractivity contribution in [2.45, 2.75) is 19.6 Å². The molecule has 3 aromatic rings. The summed E-state index contributed by atoms with van der Waals surface area (Å²) in [6.07, 6.45) is 5.45. The van der Waals surface area contributed by atoms with Crippen molar-refractivity contribution in [3.8, 4) is 0 Å². The minimum absolute atomic E-state index is 0.222. The Morgan fingerprint density at radius 1 is 1.08 bits per heavy atom. The molecular weight excluding hydrogens is 319 g/mol. The minimum Gasteiger partial charge on any atom is -0.361 e. The Balaban J connectivity index is 1.54. The summed E-state index contributed by atoms with van der Waals surface area (Å²) in [5.74, 6) is 1.47. The molecule has 25 heavy (non-hydrogen) atoms. The fourth-order valence-corrected chi connectivity index (χ4v) is 2.98. The van der Waals surface area contributed by atoms with E-state index in [-0.39, 0.29) is 5.82 Å². The smallest absolute Gasteiger partial charge is 0.150 e. The molecule has 0 bridgehead atoms. The van der Waals surface area contributed by atoms with Gasteiger partial charge in [-0.3, -0.25) is 9.67 Å². The van der Waals surface area contributed by atoms with Gasteiger partial charge in [0.25, 0.3) is 0 Å². The molecule has 1 aromatic carbocycles. The van der Waals surface area contributed by atoms with Crippen LogP contribution >= 0.6 is 0 Å². The average Bonchev–Trinajstić information content (AvgIpc) is 3.19. The summed E-state index contributed by atoms with van der Waals surface area (Å²) in [6, 6.07) is 6.55. The molecule has 6 nitrogen and oxygen atoms in total. The van der Waals surface area contributed by atoms with Gasteiger partial charge < -0.3 is 9.80 Å². The number of benzene rings is 1. The molecule has 7 heteroatoms. The summed E-state index contributed by atoms with van der Waals surface area (Å²) in [7, 11) is 3.90. The van der Waals surface area contributed by atoms with E-state index in [1.165, 1.54) is 23.4 Å². The predicted octanol–water partition coefficient (Wildman–Crippen LogP) is 2.45. The second kappa shape index (κ2) is 6.16. The fraction of sp³-hybridized carbons (Fsp3) is 0.278. The number of aromatic nitrogens is 4. The zero-order valence-electron chi connectivity index (χ0n) is 14.2. The van der Waals surface area contributed by atoms with Crippen LogP contribution < -0.4 is 9.80 Å². The van der Waals surface area contributed by atoms with Crippen molar-refractivity contribution in [1.29, 1.82) is 0 Å². The number of hydrogen-bond donors (Lipinski definition) is 0. The van der Waals surface area contributed by atoms with Crippen LogP contribution in [0.5, 0.6) is 0 Å². The van der Waals surface area contributed by atoms with E-state index in [2.05, 4.69) is 20.0 Å². The van der Waals surface area contributed by atoms with E-state index in [1.54, 1.807) is 24.5 Å². The fourth-order valence-electron chi connectivity index (χ4n) is 2.98. The number of anilines is 2. The van der Waals surface area contributed by atoms with E-state index in [4.69, 9.17) is 0 Å². The van der Waals surface area contributed by atoms with Crippen molar-refractivity contribution in [1.82, 2.24) is 19.7 Å². The minimum atomic E-state index is -0.222. The first-order chi connectivity index (χ1) is 12.1. The summed E-state index contributed by atoms with van der Waals surface area (Å²) >= 11 is 0. The molecule has 1 aliphatic rings. The zero-order valence-corrected chi connectivity index (χ0v) is 14.2. The lowest BCUT2D eigenvalue weighted by molar-refractivity contribution is 0.620. The molecule has 0 atom stereocenters. The average molecular weight is 338 g/mol. The first kappa shape index (κ1) is 15.6. The second-order valence-electron chi connectivity index (χ2n) is 6.39. The summed E-state index contributed by atoms with van der Waals surface area (Å²) < 4.78 is 15.0. The van der Waals surface area contributed by atoms with Gasteiger partial charge in [0.05, 0.1) is 37.4 Å². The van der Waals surface area contributed by atoms with E-state index < -0.39 is 0 Å². The Hall–Kier alpha value is -2.96. The van der Waals surface area contributed by atoms with Gasteiger partial charge in [0, 0.05) is 26.2 Å². The lowest BCUT2D eigenvalue weighted by Crippen LogP contribution is -2.20. The highest BCUT2D eigenvalue weighted by molar-refractivity contribution is 5.48. The van der Waals surface area contributed by atoms with E-state index in [1.807, 2.05) is 29.9 Å². The van der Waals surface area contributed by atoms with Crippen molar-refractivity contribution in [3.05, 3.63) is 65.5 Å². The summed E-state index contributed by atoms with van der Waals surface area (Å²) in [6.45, 7) is 2.14. The van der Waals surface area contributed by atoms with Crippen LogP contribution in [0.15, 0.2) is 42.9 Å². The van der Waals surface area contributed by atoms with Crippen LogP contribution in [0.25, 0.3) is 0 Å². The standard InChI is InChI=1S/C18H19FN6/c1-23(2)17-8-20-9-18(22-17)24-11-14-7-21-25(16(14)12-24)10-13-3-5-15(19)6-4-13/h3-9H,10-12H2,1-2H3. The highest BCUT2D eigenvalue weighted by Crippen LogP contribution is 2.27. The molecular formula is C18H19FN6. The number of hydrogen-bond acceptors (Lipinski definition) is 5. The van der Waals surface area contributed by atoms with Crippen molar-refractivity contribution in [2.24, 2.45) is 0 Å². The van der Waals surface area contributed by atoms with Gasteiger partial charge in [-0.05, 0) is 17.7 Å². The summed E-state index contributed by atoms with van der Waals surface area (Å²) in [5.41, 5.74) is 3.39. The van der Waals surface area contributed by atoms with E-state index in [0.717, 1.165) is 30.3 Å². The molecule has 0 amide bonds. The van der Waals surface area contributed by atoms with Crippen molar-refractivity contribution in [2.75, 3.05) is 23.9 Å². The molecule has 1 aliphatic heterocycles. The van der Waals surface area contributed by atoms with Gasteiger partial charge in [0.15, 0.2) is 0 Å². The van der Waals surface area contributed by atoms with Crippen molar-refractivity contribution in [3.63, 3.8) is 0 Å². The third-order valence-corrected chi connectivity index (χ3v) is 4.37. The van der Waals surface area contributed by atoms with Gasteiger partial charge in [0.1, 0.15) is 17.5 Å². The van der Waals surface area contributed by atoms with Crippen LogP contribution in [0.1, 0.15) is 16.8 Å². The Kier molecular flexibility index (Phi) is 3.83. The molecule has 4 rings (SSSR count). The molecule has 0 saturated carbocycles. The second-order valence-corrected chi connectivity index (χ2v) is 6.39. The predicted molar refractivity (Wildman–Crippen MR) is 94.0 cm³/mol. The van der Waals surface area contributed by atoms with Crippen LogP contribution in [-0.4, -0.2) is 33.8 Å². The number of nitrogens with zero attached hydrogens (tertiary/aromatic N) is 6. The van der Waals surface area contributed by atoms with Gasteiger partial charge in [-0.15, -0.1) is 0 Å². The van der Waals surface area contributed by atoms with E-state index in [9.17, 15) is 4.39 Å². The molecule has 0 spiro atoms. The molecule has 0 saturated heterocycles. The Morgan fingerprint density at radius 3 is 2.64 bits per heavy atom. The summed E-state index contributed by atoms with van der Waals surface area (Å²) in [4.78, 5) is 13.1. The van der Waals surface area contributed by atoms with Crippen molar-refractivity contribution < 1.29 is 4.39 Å². The van der Waals surface area contributed by atoms with Crippen molar-refractivity contribution >= 4 is 11.6 Å². The highest BCUT2D eigenvalue weighted by Gasteiger charge is 2.25. The molecule has 3 heterocycles. The third-order valence-electron chi connectivity index (χ3n) is 4.37. The number of fused-ring (bicyclic) bond motifs is 1. The maximum atomic E-state index is 13.1. The molecule has 0 N–H and O–H groups in total. The SMILES string of the molecule is CN(C)c1cncc(N2Cc3cnn(Cc4ccc(F)cc4)c3C2)n1. The highest BCUT2D eigenvalue weighted by atomic mass is 19.1. The number of halogens is 1. The maximum absolute atomic E-state index is 13.1. The van der Waals surface area contributed by atoms with Crippen LogP contribution in [0.3, 0.4) is 0 Å². The quantitative estimate of drug-likeness (QED) is 0.731. The Morgan fingerprint density at radius 2 is 1.88 bits per heavy atom. The first-order valence-electron chi connectivity index (χ1n) is 8.12. The molecule has 2 aromatic heterocycles. The van der Waals surface area contributed by atoms with Gasteiger partial charge in [-0.2, -0.15) is 5.10 Å². The largest absolute Gasteiger partial charge is 0.361 e. The van der Waals surface area contributed by atoms with E-state index in [0.29, 0.717) is 6.54 Å². The van der Waals surface area contributed by atoms with Gasteiger partial charge in [0.2, 0.25) is 0 Å².